The molecule has 1 fully saturated rings. The molecule has 28 heavy (non-hydrogen) atoms. The van der Waals surface area contributed by atoms with Gasteiger partial charge in [0.1, 0.15) is 5.75 Å². The van der Waals surface area contributed by atoms with E-state index in [2.05, 4.69) is 42.0 Å². The first-order valence-electron chi connectivity index (χ1n) is 10.1. The molecule has 3 rings (SSSR count). The van der Waals surface area contributed by atoms with Crippen LogP contribution in [0.15, 0.2) is 24.3 Å². The van der Waals surface area contributed by atoms with Gasteiger partial charge in [-0.05, 0) is 62.4 Å². The van der Waals surface area contributed by atoms with Crippen LogP contribution in [-0.4, -0.2) is 35.5 Å². The van der Waals surface area contributed by atoms with E-state index in [1.165, 1.54) is 23.3 Å². The molecule has 152 valence electrons. The summed E-state index contributed by atoms with van der Waals surface area (Å²) < 4.78 is 5.66. The van der Waals surface area contributed by atoms with E-state index in [1.54, 1.807) is 11.3 Å². The molecular weight excluding hydrogens is 370 g/mol. The number of aryl methyl sites for hydroxylation is 1. The third-order valence-corrected chi connectivity index (χ3v) is 6.33. The van der Waals surface area contributed by atoms with E-state index in [9.17, 15) is 4.79 Å². The lowest BCUT2D eigenvalue weighted by Gasteiger charge is -2.29. The molecule has 2 aromatic rings. The number of carbonyl (C=O) groups is 1. The van der Waals surface area contributed by atoms with Crippen LogP contribution < -0.4 is 10.1 Å². The van der Waals surface area contributed by atoms with Crippen LogP contribution in [0.5, 0.6) is 5.75 Å². The second kappa shape index (κ2) is 9.52. The van der Waals surface area contributed by atoms with Crippen LogP contribution in [0.4, 0.5) is 5.13 Å². The molecule has 1 amide bonds. The molecule has 0 atom stereocenters. The van der Waals surface area contributed by atoms with Crippen LogP contribution >= 0.6 is 11.3 Å². The van der Waals surface area contributed by atoms with Crippen LogP contribution in [0.3, 0.4) is 0 Å². The molecule has 6 heteroatoms. The number of benzene rings is 1. The van der Waals surface area contributed by atoms with E-state index >= 15 is 0 Å². The van der Waals surface area contributed by atoms with Gasteiger partial charge in [-0.3, -0.25) is 15.0 Å². The summed E-state index contributed by atoms with van der Waals surface area (Å²) in [5, 5.41) is 3.54. The van der Waals surface area contributed by atoms with Crippen molar-refractivity contribution in [3.05, 3.63) is 40.4 Å². The number of nitrogens with zero attached hydrogens (tertiary/aromatic N) is 2. The van der Waals surface area contributed by atoms with Crippen molar-refractivity contribution in [2.45, 2.75) is 53.0 Å². The van der Waals surface area contributed by atoms with Crippen molar-refractivity contribution >= 4 is 22.4 Å². The molecular formula is C22H31N3O2S. The van der Waals surface area contributed by atoms with Crippen molar-refractivity contribution in [2.24, 2.45) is 5.92 Å². The third kappa shape index (κ3) is 5.79. The lowest BCUT2D eigenvalue weighted by atomic mass is 9.99. The molecule has 0 unspecified atom stereocenters. The average molecular weight is 402 g/mol. The summed E-state index contributed by atoms with van der Waals surface area (Å²) in [5.74, 6) is 1.80. The number of piperidine rings is 1. The summed E-state index contributed by atoms with van der Waals surface area (Å²) in [6.07, 6.45) is 2.52. The van der Waals surface area contributed by atoms with E-state index in [4.69, 9.17) is 4.74 Å². The Balaban J connectivity index is 1.51. The lowest BCUT2D eigenvalue weighted by molar-refractivity contribution is -0.118. The molecule has 0 spiro atoms. The number of carbonyl (C=O) groups excluding carboxylic acids is 1. The number of aromatic nitrogens is 1. The predicted octanol–water partition coefficient (Wildman–Crippen LogP) is 4.82. The van der Waals surface area contributed by atoms with E-state index in [-0.39, 0.29) is 12.5 Å². The fourth-order valence-electron chi connectivity index (χ4n) is 3.32. The summed E-state index contributed by atoms with van der Waals surface area (Å²) in [6.45, 7) is 11.8. The van der Waals surface area contributed by atoms with Crippen molar-refractivity contribution in [1.82, 2.24) is 9.88 Å². The number of ether oxygens (including phenoxy) is 1. The smallest absolute Gasteiger partial charge is 0.264 e. The quantitative estimate of drug-likeness (QED) is 0.722. The maximum atomic E-state index is 12.3. The molecule has 2 heterocycles. The summed E-state index contributed by atoms with van der Waals surface area (Å²) in [4.78, 5) is 20.5. The molecule has 0 bridgehead atoms. The number of anilines is 1. The summed E-state index contributed by atoms with van der Waals surface area (Å²) in [7, 11) is 0. The number of hydrogen-bond acceptors (Lipinski definition) is 5. The van der Waals surface area contributed by atoms with Crippen molar-refractivity contribution in [3.63, 3.8) is 0 Å². The minimum Gasteiger partial charge on any atom is -0.484 e. The van der Waals surface area contributed by atoms with Gasteiger partial charge in [0.05, 0.1) is 5.69 Å². The van der Waals surface area contributed by atoms with Gasteiger partial charge < -0.3 is 4.74 Å². The van der Waals surface area contributed by atoms with Crippen molar-refractivity contribution in [1.29, 1.82) is 0 Å². The number of likely N-dealkylation sites (tertiary alicyclic amines) is 1. The standard InChI is InChI=1S/C22H31N3O2S/c1-15(2)18-6-5-7-19(12-18)27-14-21(26)24-22-23-17(4)20(28-22)13-25-10-8-16(3)9-11-25/h5-7,12,15-16H,8-11,13-14H2,1-4H3,(H,23,24,26). The number of nitrogens with one attached hydrogen (secondary N) is 1. The van der Waals surface area contributed by atoms with Crippen LogP contribution in [0.25, 0.3) is 0 Å². The minimum atomic E-state index is -0.179. The van der Waals surface area contributed by atoms with Crippen molar-refractivity contribution < 1.29 is 9.53 Å². The molecule has 1 N–H and O–H groups in total. The van der Waals surface area contributed by atoms with Crippen LogP contribution in [0.2, 0.25) is 0 Å². The Morgan fingerprint density at radius 3 is 2.82 bits per heavy atom. The van der Waals surface area contributed by atoms with Gasteiger partial charge >= 0.3 is 0 Å². The van der Waals surface area contributed by atoms with Gasteiger partial charge in [0, 0.05) is 11.4 Å². The van der Waals surface area contributed by atoms with Crippen LogP contribution in [0, 0.1) is 12.8 Å². The largest absolute Gasteiger partial charge is 0.484 e. The Labute approximate surface area is 172 Å². The van der Waals surface area contributed by atoms with Gasteiger partial charge in [0.25, 0.3) is 5.91 Å². The zero-order valence-electron chi connectivity index (χ0n) is 17.3. The van der Waals surface area contributed by atoms with Gasteiger partial charge in [-0.1, -0.05) is 32.9 Å². The number of amides is 1. The Morgan fingerprint density at radius 1 is 1.36 bits per heavy atom. The Kier molecular flexibility index (Phi) is 7.08. The highest BCUT2D eigenvalue weighted by atomic mass is 32.1. The molecule has 1 saturated heterocycles. The number of hydrogen-bond donors (Lipinski definition) is 1. The van der Waals surface area contributed by atoms with Gasteiger partial charge in [-0.15, -0.1) is 11.3 Å². The minimum absolute atomic E-state index is 0.0144. The highest BCUT2D eigenvalue weighted by Crippen LogP contribution is 2.26. The van der Waals surface area contributed by atoms with Gasteiger partial charge in [-0.2, -0.15) is 0 Å². The maximum Gasteiger partial charge on any atom is 0.264 e. The van der Waals surface area contributed by atoms with Crippen LogP contribution in [0.1, 0.15) is 55.7 Å². The number of rotatable bonds is 7. The summed E-state index contributed by atoms with van der Waals surface area (Å²) in [6, 6.07) is 7.90. The molecule has 1 aromatic carbocycles. The molecule has 0 saturated carbocycles. The Bertz CT molecular complexity index is 795. The normalized spacial score (nSPS) is 15.8. The number of thiazole rings is 1. The Hall–Kier alpha value is -1.92. The predicted molar refractivity (Wildman–Crippen MR) is 115 cm³/mol. The van der Waals surface area contributed by atoms with E-state index in [0.29, 0.717) is 11.0 Å². The maximum absolute atomic E-state index is 12.3. The van der Waals surface area contributed by atoms with Crippen molar-refractivity contribution in [3.8, 4) is 5.75 Å². The Morgan fingerprint density at radius 2 is 2.11 bits per heavy atom. The summed E-state index contributed by atoms with van der Waals surface area (Å²) in [5.41, 5.74) is 2.20. The van der Waals surface area contributed by atoms with E-state index < -0.39 is 0 Å². The van der Waals surface area contributed by atoms with Gasteiger partial charge in [0.15, 0.2) is 11.7 Å². The molecule has 1 aliphatic heterocycles. The SMILES string of the molecule is Cc1nc(NC(=O)COc2cccc(C(C)C)c2)sc1CN1CCC(C)CC1. The lowest BCUT2D eigenvalue weighted by Crippen LogP contribution is -2.32. The first kappa shape index (κ1) is 20.8. The monoisotopic (exact) mass is 401 g/mol. The fourth-order valence-corrected chi connectivity index (χ4v) is 4.34. The highest BCUT2D eigenvalue weighted by Gasteiger charge is 2.18. The fraction of sp³-hybridized carbons (Fsp3) is 0.545. The van der Waals surface area contributed by atoms with Crippen LogP contribution in [-0.2, 0) is 11.3 Å². The second-order valence-corrected chi connectivity index (χ2v) is 9.13. The molecule has 0 aliphatic carbocycles. The zero-order chi connectivity index (χ0) is 20.1. The molecule has 1 aromatic heterocycles. The molecule has 0 radical (unpaired) electrons. The third-order valence-electron chi connectivity index (χ3n) is 5.28. The molecule has 5 nitrogen and oxygen atoms in total. The van der Waals surface area contributed by atoms with E-state index in [1.807, 2.05) is 25.1 Å². The van der Waals surface area contributed by atoms with E-state index in [0.717, 1.165) is 37.0 Å². The highest BCUT2D eigenvalue weighted by molar-refractivity contribution is 7.15. The average Bonchev–Trinajstić information content (AvgIpc) is 3.01. The molecule has 1 aliphatic rings. The second-order valence-electron chi connectivity index (χ2n) is 8.05. The first-order chi connectivity index (χ1) is 13.4. The topological polar surface area (TPSA) is 54.5 Å². The zero-order valence-corrected chi connectivity index (χ0v) is 18.1. The van der Waals surface area contributed by atoms with Gasteiger partial charge in [0.2, 0.25) is 0 Å². The van der Waals surface area contributed by atoms with Crippen molar-refractivity contribution in [2.75, 3.05) is 25.0 Å². The van der Waals surface area contributed by atoms with Gasteiger partial charge in [-0.25, -0.2) is 4.98 Å². The summed E-state index contributed by atoms with van der Waals surface area (Å²) >= 11 is 1.57. The first-order valence-corrected chi connectivity index (χ1v) is 10.9.